The predicted molar refractivity (Wildman–Crippen MR) is 90.9 cm³/mol. The number of hydrogen-bond acceptors (Lipinski definition) is 9. The van der Waals surface area contributed by atoms with E-state index in [0.717, 1.165) is 12.8 Å². The van der Waals surface area contributed by atoms with Crippen molar-refractivity contribution in [3.63, 3.8) is 0 Å². The van der Waals surface area contributed by atoms with Crippen molar-refractivity contribution in [2.75, 3.05) is 0 Å². The van der Waals surface area contributed by atoms with Crippen molar-refractivity contribution in [3.05, 3.63) is 35.2 Å². The third-order valence-electron chi connectivity index (χ3n) is 3.82. The number of nitrogens with zero attached hydrogens (tertiary/aromatic N) is 3. The molecule has 0 spiro atoms. The number of aryl methyl sites for hydroxylation is 1. The molecule has 1 N–H and O–H groups in total. The molecule has 1 rings (SSSR count). The maximum atomic E-state index is 11.1. The molecular formula is C15H23N3Na4O7P2. The summed E-state index contributed by atoms with van der Waals surface area (Å²) in [7, 11) is -12.3. The molecule has 0 aliphatic heterocycles. The van der Waals surface area contributed by atoms with E-state index in [9.17, 15) is 33.8 Å². The van der Waals surface area contributed by atoms with Crippen LogP contribution in [0.15, 0.2) is 29.5 Å². The van der Waals surface area contributed by atoms with Gasteiger partial charge in [0, 0.05) is 6.20 Å². The van der Waals surface area contributed by atoms with Gasteiger partial charge in [0.25, 0.3) is 0 Å². The molecule has 1 aromatic heterocycles. The van der Waals surface area contributed by atoms with Gasteiger partial charge >= 0.3 is 118 Å². The van der Waals surface area contributed by atoms with Crippen LogP contribution in [0.3, 0.4) is 0 Å². The van der Waals surface area contributed by atoms with Gasteiger partial charge in [-0.3, -0.25) is 0 Å². The van der Waals surface area contributed by atoms with Crippen molar-refractivity contribution >= 4 is 15.2 Å². The van der Waals surface area contributed by atoms with Crippen LogP contribution in [0.1, 0.15) is 45.7 Å². The van der Waals surface area contributed by atoms with Crippen molar-refractivity contribution in [3.8, 4) is 0 Å². The van der Waals surface area contributed by atoms with Crippen LogP contribution in [0.25, 0.3) is 0 Å². The summed E-state index contributed by atoms with van der Waals surface area (Å²) in [5.74, 6) is 0. The minimum atomic E-state index is -6.15. The van der Waals surface area contributed by atoms with Crippen molar-refractivity contribution < 1.29 is 152 Å². The van der Waals surface area contributed by atoms with Gasteiger partial charge in [0.15, 0.2) is 0 Å². The van der Waals surface area contributed by atoms with Crippen molar-refractivity contribution in [2.24, 2.45) is 0 Å². The normalized spacial score (nSPS) is 11.9. The third-order valence-corrected chi connectivity index (χ3v) is 7.33. The van der Waals surface area contributed by atoms with Gasteiger partial charge in [-0.2, -0.15) is 0 Å². The quantitative estimate of drug-likeness (QED) is 0.182. The Balaban J connectivity index is -0.000000911. The zero-order chi connectivity index (χ0) is 20.9. The maximum absolute atomic E-state index is 11.1. The summed E-state index contributed by atoms with van der Waals surface area (Å²) in [6.45, 7) is 4.73. The molecule has 1 aromatic rings. The van der Waals surface area contributed by atoms with E-state index >= 15 is 0 Å². The third kappa shape index (κ3) is 14.3. The molecule has 0 aliphatic rings. The number of allylic oxidation sites excluding steroid dienone is 4. The number of rotatable bonds is 10. The topological polar surface area (TPSA) is 177 Å². The van der Waals surface area contributed by atoms with Crippen LogP contribution in [0.4, 0.5) is 0 Å². The fraction of sp³-hybridized carbons (Fsp3) is 0.600. The zero-order valence-electron chi connectivity index (χ0n) is 19.4. The molecule has 1 heterocycles. The monoisotopic (exact) mass is 511 g/mol. The van der Waals surface area contributed by atoms with E-state index in [0.29, 0.717) is 23.2 Å². The summed E-state index contributed by atoms with van der Waals surface area (Å²) in [5, 5.41) is 12.8. The number of hydrogen-bond donors (Lipinski definition) is 1. The first-order valence-electron chi connectivity index (χ1n) is 8.21. The summed E-state index contributed by atoms with van der Waals surface area (Å²) < 4.78 is 22.8. The van der Waals surface area contributed by atoms with E-state index < -0.39 is 26.8 Å². The van der Waals surface area contributed by atoms with Crippen LogP contribution in [-0.4, -0.2) is 25.2 Å². The molecule has 0 atom stereocenters. The first kappa shape index (κ1) is 41.0. The minimum Gasteiger partial charge on any atom is -0.808 e. The first-order valence-corrected chi connectivity index (χ1v) is 11.3. The van der Waals surface area contributed by atoms with Gasteiger partial charge in [-0.1, -0.05) is 28.5 Å². The van der Waals surface area contributed by atoms with Crippen molar-refractivity contribution in [2.45, 2.75) is 58.1 Å². The average Bonchev–Trinajstić information content (AvgIpc) is 2.91. The van der Waals surface area contributed by atoms with E-state index in [1.54, 1.807) is 0 Å². The fourth-order valence-corrected chi connectivity index (χ4v) is 4.06. The van der Waals surface area contributed by atoms with E-state index in [1.807, 2.05) is 26.8 Å². The summed E-state index contributed by atoms with van der Waals surface area (Å²) >= 11 is 0. The SMILES string of the molecule is CC(C)=CCCC(C)=CCCc1cn(CC(O)(P(=O)([O-])[O-])P(=O)([O-])[O-])nn1.[Na+].[Na+].[Na+].[Na+]. The van der Waals surface area contributed by atoms with Gasteiger partial charge in [0.05, 0.1) is 12.2 Å². The number of aromatic nitrogens is 3. The molecular weight excluding hydrogens is 488 g/mol. The molecule has 10 nitrogen and oxygen atoms in total. The van der Waals surface area contributed by atoms with E-state index in [4.69, 9.17) is 0 Å². The van der Waals surface area contributed by atoms with Crippen molar-refractivity contribution in [1.29, 1.82) is 0 Å². The second kappa shape index (κ2) is 18.2. The van der Waals surface area contributed by atoms with Crippen LogP contribution in [0.2, 0.25) is 0 Å². The molecule has 16 heteroatoms. The Hall–Kier alpha value is 2.88. The Bertz CT molecular complexity index is 782. The summed E-state index contributed by atoms with van der Waals surface area (Å²) in [5.41, 5.74) is 2.83. The van der Waals surface area contributed by atoms with Gasteiger partial charge in [0.1, 0.15) is 5.08 Å². The molecule has 0 aromatic carbocycles. The van der Waals surface area contributed by atoms with E-state index in [2.05, 4.69) is 16.4 Å². The Kier molecular flexibility index (Phi) is 24.1. The molecule has 0 bridgehead atoms. The molecule has 0 radical (unpaired) electrons. The molecule has 154 valence electrons. The van der Waals surface area contributed by atoms with Gasteiger partial charge in [-0.25, -0.2) is 4.68 Å². The van der Waals surface area contributed by atoms with Crippen LogP contribution in [0.5, 0.6) is 0 Å². The van der Waals surface area contributed by atoms with Gasteiger partial charge < -0.3 is 33.8 Å². The van der Waals surface area contributed by atoms with Crippen LogP contribution < -0.4 is 138 Å². The molecule has 0 unspecified atom stereocenters. The largest absolute Gasteiger partial charge is 1.00 e. The Labute approximate surface area is 271 Å². The molecule has 0 amide bonds. The second-order valence-corrected chi connectivity index (χ2v) is 10.4. The van der Waals surface area contributed by atoms with Crippen molar-refractivity contribution in [1.82, 2.24) is 15.0 Å². The summed E-state index contributed by atoms with van der Waals surface area (Å²) in [6, 6.07) is 0. The standard InChI is InChI=1S/C15H27N3O7P2.4Na/c1-12(2)6-4-7-13(3)8-5-9-14-10-18(17-16-14)11-15(19,26(20,21)22)27(23,24)25;;;;/h6,8,10,19H,4-5,7,9,11H2,1-3H3,(H2,20,21,22)(H2,23,24,25);;;;/q;4*+1/p-4. The number of aliphatic hydroxyl groups is 1. The smallest absolute Gasteiger partial charge is 0.808 e. The molecule has 0 fully saturated rings. The summed E-state index contributed by atoms with van der Waals surface area (Å²) in [4.78, 5) is 44.3. The van der Waals surface area contributed by atoms with Crippen LogP contribution >= 0.6 is 15.2 Å². The molecule has 31 heavy (non-hydrogen) atoms. The average molecular weight is 511 g/mol. The molecule has 0 aliphatic carbocycles. The maximum Gasteiger partial charge on any atom is 1.00 e. The predicted octanol–water partition coefficient (Wildman–Crippen LogP) is -12.6. The molecule has 0 saturated carbocycles. The van der Waals surface area contributed by atoms with Crippen LogP contribution in [0, 0.1) is 0 Å². The Morgan fingerprint density at radius 3 is 2.00 bits per heavy atom. The second-order valence-electron chi connectivity index (χ2n) is 6.59. The van der Waals surface area contributed by atoms with Gasteiger partial charge in [-0.15, -0.1) is 5.10 Å². The van der Waals surface area contributed by atoms with Gasteiger partial charge in [0.2, 0.25) is 0 Å². The Morgan fingerprint density at radius 2 is 1.55 bits per heavy atom. The Morgan fingerprint density at radius 1 is 1.03 bits per heavy atom. The minimum absolute atomic E-state index is 0. The molecule has 0 saturated heterocycles. The van der Waals surface area contributed by atoms with E-state index in [1.165, 1.54) is 17.3 Å². The summed E-state index contributed by atoms with van der Waals surface area (Å²) in [6.07, 6.45) is 8.23. The van der Waals surface area contributed by atoms with Crippen LogP contribution in [-0.2, 0) is 22.1 Å². The van der Waals surface area contributed by atoms with Gasteiger partial charge in [-0.05, 0) is 61.6 Å². The fourth-order valence-electron chi connectivity index (χ4n) is 2.23. The first-order chi connectivity index (χ1) is 12.3. The zero-order valence-corrected chi connectivity index (χ0v) is 29.2. The van der Waals surface area contributed by atoms with E-state index in [-0.39, 0.29) is 118 Å².